The van der Waals surface area contributed by atoms with E-state index in [2.05, 4.69) is 0 Å². The van der Waals surface area contributed by atoms with E-state index in [4.69, 9.17) is 9.84 Å². The fourth-order valence-corrected chi connectivity index (χ4v) is 2.72. The van der Waals surface area contributed by atoms with Gasteiger partial charge in [0.2, 0.25) is 0 Å². The van der Waals surface area contributed by atoms with Gasteiger partial charge in [-0.3, -0.25) is 4.79 Å². The van der Waals surface area contributed by atoms with E-state index in [-0.39, 0.29) is 12.5 Å². The summed E-state index contributed by atoms with van der Waals surface area (Å²) < 4.78 is 5.41. The third kappa shape index (κ3) is 2.95. The minimum Gasteiger partial charge on any atom is -0.481 e. The molecule has 4 atom stereocenters. The Balaban J connectivity index is 1.50. The molecule has 1 heterocycles. The molecule has 4 nitrogen and oxygen atoms in total. The molecule has 2 aliphatic rings. The van der Waals surface area contributed by atoms with Crippen molar-refractivity contribution in [2.24, 2.45) is 5.92 Å². The summed E-state index contributed by atoms with van der Waals surface area (Å²) in [7, 11) is 0. The van der Waals surface area contributed by atoms with Crippen LogP contribution in [0.5, 0.6) is 0 Å². The number of epoxide rings is 1. The number of rotatable bonds is 7. The average Bonchev–Trinajstić information content (AvgIpc) is 2.89. The Kier molecular flexibility index (Phi) is 3.82. The molecule has 1 aliphatic carbocycles. The second kappa shape index (κ2) is 5.15. The number of aliphatic carboxylic acids is 1. The van der Waals surface area contributed by atoms with Crippen molar-refractivity contribution in [2.45, 2.75) is 63.3 Å². The highest BCUT2D eigenvalue weighted by Crippen LogP contribution is 2.45. The van der Waals surface area contributed by atoms with Crippen molar-refractivity contribution in [1.82, 2.24) is 0 Å². The Morgan fingerprint density at radius 1 is 1.25 bits per heavy atom. The smallest absolute Gasteiger partial charge is 0.303 e. The largest absolute Gasteiger partial charge is 0.481 e. The Morgan fingerprint density at radius 2 is 2.00 bits per heavy atom. The molecule has 1 saturated carbocycles. The van der Waals surface area contributed by atoms with Crippen LogP contribution in [-0.4, -0.2) is 34.5 Å². The van der Waals surface area contributed by atoms with Gasteiger partial charge in [0, 0.05) is 18.8 Å². The van der Waals surface area contributed by atoms with Crippen LogP contribution in [0.25, 0.3) is 0 Å². The lowest BCUT2D eigenvalue weighted by Crippen LogP contribution is -2.19. The van der Waals surface area contributed by atoms with Gasteiger partial charge in [-0.2, -0.15) is 0 Å². The molecule has 1 aliphatic heterocycles. The number of hydrogen-bond acceptors (Lipinski definition) is 3. The summed E-state index contributed by atoms with van der Waals surface area (Å²) in [5.41, 5.74) is 0. The first-order chi connectivity index (χ1) is 7.68. The molecule has 2 fully saturated rings. The molecule has 0 radical (unpaired) electrons. The normalized spacial score (nSPS) is 36.1. The van der Waals surface area contributed by atoms with E-state index in [0.29, 0.717) is 18.1 Å². The highest BCUT2D eigenvalue weighted by atomic mass is 16.6. The van der Waals surface area contributed by atoms with Crippen molar-refractivity contribution >= 4 is 5.97 Å². The molecule has 92 valence electrons. The van der Waals surface area contributed by atoms with Crippen LogP contribution in [-0.2, 0) is 9.53 Å². The fourth-order valence-electron chi connectivity index (χ4n) is 2.72. The van der Waals surface area contributed by atoms with Crippen molar-refractivity contribution < 1.29 is 19.7 Å². The van der Waals surface area contributed by atoms with Crippen molar-refractivity contribution in [2.75, 3.05) is 0 Å². The third-order valence-corrected chi connectivity index (χ3v) is 3.69. The molecule has 1 saturated heterocycles. The zero-order valence-corrected chi connectivity index (χ0v) is 9.47. The Labute approximate surface area is 95.6 Å². The number of fused-ring (bicyclic) bond motifs is 1. The maximum Gasteiger partial charge on any atom is 0.303 e. The molecule has 0 amide bonds. The number of aliphatic hydroxyl groups excluding tert-OH is 1. The third-order valence-electron chi connectivity index (χ3n) is 3.69. The molecule has 4 unspecified atom stereocenters. The van der Waals surface area contributed by atoms with E-state index in [1.807, 2.05) is 0 Å². The second-order valence-corrected chi connectivity index (χ2v) is 4.95. The fraction of sp³-hybridized carbons (Fsp3) is 0.917. The van der Waals surface area contributed by atoms with E-state index in [9.17, 15) is 9.90 Å². The van der Waals surface area contributed by atoms with Gasteiger partial charge in [0.05, 0.1) is 18.3 Å². The lowest BCUT2D eigenvalue weighted by atomic mass is 9.96. The summed E-state index contributed by atoms with van der Waals surface area (Å²) in [5, 5.41) is 18.2. The summed E-state index contributed by atoms with van der Waals surface area (Å²) in [5.74, 6) is -0.370. The van der Waals surface area contributed by atoms with Crippen molar-refractivity contribution in [1.29, 1.82) is 0 Å². The summed E-state index contributed by atoms with van der Waals surface area (Å²) in [6.07, 6.45) is 6.50. The van der Waals surface area contributed by atoms with Gasteiger partial charge in [0.1, 0.15) is 0 Å². The Morgan fingerprint density at radius 3 is 2.62 bits per heavy atom. The number of unbranched alkanes of at least 4 members (excludes halogenated alkanes) is 3. The van der Waals surface area contributed by atoms with E-state index in [0.717, 1.165) is 38.5 Å². The van der Waals surface area contributed by atoms with E-state index >= 15 is 0 Å². The summed E-state index contributed by atoms with van der Waals surface area (Å²) in [6, 6.07) is 0. The molecule has 2 N–H and O–H groups in total. The van der Waals surface area contributed by atoms with Crippen LogP contribution in [0.3, 0.4) is 0 Å². The lowest BCUT2D eigenvalue weighted by molar-refractivity contribution is -0.137. The zero-order valence-electron chi connectivity index (χ0n) is 9.47. The first-order valence-electron chi connectivity index (χ1n) is 6.24. The summed E-state index contributed by atoms with van der Waals surface area (Å²) in [6.45, 7) is 0. The predicted molar refractivity (Wildman–Crippen MR) is 58.1 cm³/mol. The van der Waals surface area contributed by atoms with Crippen LogP contribution in [0.4, 0.5) is 0 Å². The van der Waals surface area contributed by atoms with Crippen molar-refractivity contribution in [3.05, 3.63) is 0 Å². The van der Waals surface area contributed by atoms with E-state index < -0.39 is 5.97 Å². The number of carboxylic acid groups (broad SMARTS) is 1. The Hall–Kier alpha value is -0.610. The topological polar surface area (TPSA) is 70.1 Å². The van der Waals surface area contributed by atoms with Gasteiger partial charge >= 0.3 is 5.97 Å². The molecule has 0 aromatic heterocycles. The summed E-state index contributed by atoms with van der Waals surface area (Å²) in [4.78, 5) is 10.3. The maximum atomic E-state index is 10.3. The second-order valence-electron chi connectivity index (χ2n) is 4.95. The molecule has 4 heteroatoms. The van der Waals surface area contributed by atoms with Gasteiger partial charge in [-0.1, -0.05) is 19.3 Å². The molecule has 16 heavy (non-hydrogen) atoms. The molecule has 0 spiro atoms. The first kappa shape index (κ1) is 11.9. The van der Waals surface area contributed by atoms with Gasteiger partial charge in [-0.25, -0.2) is 0 Å². The highest BCUT2D eigenvalue weighted by Gasteiger charge is 2.54. The van der Waals surface area contributed by atoms with Crippen LogP contribution >= 0.6 is 0 Å². The van der Waals surface area contributed by atoms with Crippen LogP contribution in [0.2, 0.25) is 0 Å². The molecule has 0 aromatic carbocycles. The van der Waals surface area contributed by atoms with Gasteiger partial charge in [0.25, 0.3) is 0 Å². The van der Waals surface area contributed by atoms with Gasteiger partial charge in [-0.15, -0.1) is 0 Å². The first-order valence-corrected chi connectivity index (χ1v) is 6.24. The number of aliphatic hydroxyl groups is 1. The molecular formula is C12H20O4. The molecule has 0 bridgehead atoms. The molecule has 0 aromatic rings. The molecular weight excluding hydrogens is 208 g/mol. The number of carbonyl (C=O) groups is 1. The van der Waals surface area contributed by atoms with Crippen molar-refractivity contribution in [3.63, 3.8) is 0 Å². The molecule has 2 rings (SSSR count). The number of ether oxygens (including phenoxy) is 1. The zero-order chi connectivity index (χ0) is 11.5. The van der Waals surface area contributed by atoms with E-state index in [1.54, 1.807) is 0 Å². The lowest BCUT2D eigenvalue weighted by Gasteiger charge is -2.16. The number of carboxylic acids is 1. The minimum atomic E-state index is -0.708. The number of hydrogen-bond donors (Lipinski definition) is 2. The predicted octanol–water partition coefficient (Wildman–Crippen LogP) is 1.56. The van der Waals surface area contributed by atoms with E-state index in [1.165, 1.54) is 0 Å². The van der Waals surface area contributed by atoms with Crippen LogP contribution in [0.1, 0.15) is 44.9 Å². The highest BCUT2D eigenvalue weighted by molar-refractivity contribution is 5.66. The monoisotopic (exact) mass is 228 g/mol. The van der Waals surface area contributed by atoms with Crippen molar-refractivity contribution in [3.8, 4) is 0 Å². The maximum absolute atomic E-state index is 10.3. The Bertz CT molecular complexity index is 251. The van der Waals surface area contributed by atoms with Crippen LogP contribution in [0, 0.1) is 5.92 Å². The average molecular weight is 228 g/mol. The van der Waals surface area contributed by atoms with Gasteiger partial charge < -0.3 is 14.9 Å². The van der Waals surface area contributed by atoms with Gasteiger partial charge in [0.15, 0.2) is 0 Å². The standard InChI is InChI=1S/C12H20O4/c13-9-7-10-12(16-10)8(9)5-3-1-2-4-6-11(14)15/h8-10,12-13H,1-7H2,(H,14,15). The quantitative estimate of drug-likeness (QED) is 0.512. The summed E-state index contributed by atoms with van der Waals surface area (Å²) >= 11 is 0. The van der Waals surface area contributed by atoms with Crippen LogP contribution < -0.4 is 0 Å². The SMILES string of the molecule is O=C(O)CCCCCCC1C(O)CC2OC21. The van der Waals surface area contributed by atoms with Crippen LogP contribution in [0.15, 0.2) is 0 Å². The van der Waals surface area contributed by atoms with Gasteiger partial charge in [-0.05, 0) is 12.8 Å². The minimum absolute atomic E-state index is 0.164.